The van der Waals surface area contributed by atoms with Crippen molar-refractivity contribution < 1.29 is 4.79 Å². The zero-order valence-corrected chi connectivity index (χ0v) is 10.9. The smallest absolute Gasteiger partial charge is 0.161 e. The van der Waals surface area contributed by atoms with E-state index in [1.807, 2.05) is 48.3 Å². The summed E-state index contributed by atoms with van der Waals surface area (Å²) in [6.07, 6.45) is 0. The highest BCUT2D eigenvalue weighted by molar-refractivity contribution is 6.00. The first-order chi connectivity index (χ1) is 9.13. The maximum atomic E-state index is 11.6. The monoisotopic (exact) mass is 250 g/mol. The quantitative estimate of drug-likeness (QED) is 0.783. The average Bonchev–Trinajstić information content (AvgIpc) is 2.46. The third kappa shape index (κ3) is 2.63. The van der Waals surface area contributed by atoms with Gasteiger partial charge in [-0.3, -0.25) is 4.79 Å². The van der Waals surface area contributed by atoms with E-state index in [1.165, 1.54) is 0 Å². The standard InChI is InChI=1S/C16H14N2O/c1-12(19)15-8-3-4-9-16(15)18(2)14-7-5-6-13(10-14)11-17/h3-10H,1-2H3. The van der Waals surface area contributed by atoms with E-state index in [0.29, 0.717) is 11.1 Å². The van der Waals surface area contributed by atoms with Gasteiger partial charge in [0, 0.05) is 18.3 Å². The van der Waals surface area contributed by atoms with Gasteiger partial charge in [0.2, 0.25) is 0 Å². The van der Waals surface area contributed by atoms with Crippen LogP contribution in [0.3, 0.4) is 0 Å². The van der Waals surface area contributed by atoms with E-state index < -0.39 is 0 Å². The number of carbonyl (C=O) groups is 1. The zero-order chi connectivity index (χ0) is 13.8. The summed E-state index contributed by atoms with van der Waals surface area (Å²) in [6.45, 7) is 1.55. The molecule has 0 spiro atoms. The third-order valence-corrected chi connectivity index (χ3v) is 3.01. The van der Waals surface area contributed by atoms with Gasteiger partial charge in [0.25, 0.3) is 0 Å². The van der Waals surface area contributed by atoms with Crippen molar-refractivity contribution in [1.29, 1.82) is 5.26 Å². The van der Waals surface area contributed by atoms with Crippen LogP contribution in [0.2, 0.25) is 0 Å². The third-order valence-electron chi connectivity index (χ3n) is 3.01. The Labute approximate surface area is 112 Å². The zero-order valence-electron chi connectivity index (χ0n) is 10.9. The number of anilines is 2. The molecule has 0 heterocycles. The molecule has 0 fully saturated rings. The van der Waals surface area contributed by atoms with Crippen LogP contribution in [0.5, 0.6) is 0 Å². The van der Waals surface area contributed by atoms with Gasteiger partial charge in [0.15, 0.2) is 5.78 Å². The van der Waals surface area contributed by atoms with E-state index in [2.05, 4.69) is 6.07 Å². The van der Waals surface area contributed by atoms with Crippen LogP contribution in [0.15, 0.2) is 48.5 Å². The Morgan fingerprint density at radius 3 is 2.58 bits per heavy atom. The van der Waals surface area contributed by atoms with Gasteiger partial charge in [-0.15, -0.1) is 0 Å². The fourth-order valence-corrected chi connectivity index (χ4v) is 1.99. The molecule has 0 aliphatic heterocycles. The van der Waals surface area contributed by atoms with E-state index in [-0.39, 0.29) is 5.78 Å². The number of rotatable bonds is 3. The maximum absolute atomic E-state index is 11.6. The minimum Gasteiger partial charge on any atom is -0.344 e. The maximum Gasteiger partial charge on any atom is 0.161 e. The molecule has 0 atom stereocenters. The Hall–Kier alpha value is -2.60. The first-order valence-corrected chi connectivity index (χ1v) is 5.97. The second-order valence-electron chi connectivity index (χ2n) is 4.29. The minimum absolute atomic E-state index is 0.0267. The fraction of sp³-hybridized carbons (Fsp3) is 0.125. The van der Waals surface area contributed by atoms with Crippen LogP contribution < -0.4 is 4.90 Å². The highest BCUT2D eigenvalue weighted by atomic mass is 16.1. The molecule has 0 aromatic heterocycles. The largest absolute Gasteiger partial charge is 0.344 e. The normalized spacial score (nSPS) is 9.74. The number of hydrogen-bond acceptors (Lipinski definition) is 3. The SMILES string of the molecule is CC(=O)c1ccccc1N(C)c1cccc(C#N)c1. The van der Waals surface area contributed by atoms with E-state index in [9.17, 15) is 4.79 Å². The van der Waals surface area contributed by atoms with Crippen molar-refractivity contribution in [2.45, 2.75) is 6.92 Å². The average molecular weight is 250 g/mol. The summed E-state index contributed by atoms with van der Waals surface area (Å²) < 4.78 is 0. The second kappa shape index (κ2) is 5.36. The Morgan fingerprint density at radius 1 is 1.16 bits per heavy atom. The Balaban J connectivity index is 2.47. The summed E-state index contributed by atoms with van der Waals surface area (Å²) in [6, 6.07) is 16.9. The lowest BCUT2D eigenvalue weighted by atomic mass is 10.1. The molecule has 19 heavy (non-hydrogen) atoms. The highest BCUT2D eigenvalue weighted by Crippen LogP contribution is 2.27. The number of nitriles is 1. The van der Waals surface area contributed by atoms with Crippen LogP contribution in [-0.4, -0.2) is 12.8 Å². The van der Waals surface area contributed by atoms with Crippen molar-refractivity contribution in [3.8, 4) is 6.07 Å². The lowest BCUT2D eigenvalue weighted by molar-refractivity contribution is 0.101. The summed E-state index contributed by atoms with van der Waals surface area (Å²) in [5.74, 6) is 0.0267. The van der Waals surface area contributed by atoms with E-state index >= 15 is 0 Å². The van der Waals surface area contributed by atoms with Crippen LogP contribution in [-0.2, 0) is 0 Å². The first kappa shape index (κ1) is 12.8. The van der Waals surface area contributed by atoms with E-state index in [1.54, 1.807) is 19.1 Å². The molecule has 2 aromatic rings. The fourth-order valence-electron chi connectivity index (χ4n) is 1.99. The number of para-hydroxylation sites is 1. The summed E-state index contributed by atoms with van der Waals surface area (Å²) in [5, 5.41) is 8.93. The highest BCUT2D eigenvalue weighted by Gasteiger charge is 2.11. The molecule has 0 aliphatic rings. The van der Waals surface area contributed by atoms with Gasteiger partial charge >= 0.3 is 0 Å². The van der Waals surface area contributed by atoms with Crippen molar-refractivity contribution >= 4 is 17.2 Å². The van der Waals surface area contributed by atoms with Crippen molar-refractivity contribution in [3.05, 3.63) is 59.7 Å². The molecular formula is C16H14N2O. The van der Waals surface area contributed by atoms with Crippen LogP contribution in [0.4, 0.5) is 11.4 Å². The molecule has 3 heteroatoms. The number of nitrogens with zero attached hydrogens (tertiary/aromatic N) is 2. The lowest BCUT2D eigenvalue weighted by Crippen LogP contribution is -2.13. The van der Waals surface area contributed by atoms with Crippen LogP contribution in [0.25, 0.3) is 0 Å². The molecule has 0 radical (unpaired) electrons. The Bertz CT molecular complexity index is 656. The topological polar surface area (TPSA) is 44.1 Å². The summed E-state index contributed by atoms with van der Waals surface area (Å²) in [5.41, 5.74) is 3.00. The van der Waals surface area contributed by atoms with Crippen LogP contribution in [0, 0.1) is 11.3 Å². The predicted molar refractivity (Wildman–Crippen MR) is 75.7 cm³/mol. The molecule has 0 bridgehead atoms. The molecular weight excluding hydrogens is 236 g/mol. The Kier molecular flexibility index (Phi) is 3.63. The summed E-state index contributed by atoms with van der Waals surface area (Å²) in [4.78, 5) is 13.6. The Morgan fingerprint density at radius 2 is 1.89 bits per heavy atom. The molecule has 3 nitrogen and oxygen atoms in total. The lowest BCUT2D eigenvalue weighted by Gasteiger charge is -2.22. The second-order valence-corrected chi connectivity index (χ2v) is 4.29. The molecule has 94 valence electrons. The van der Waals surface area contributed by atoms with Crippen molar-refractivity contribution in [2.75, 3.05) is 11.9 Å². The number of ketones is 1. The number of carbonyl (C=O) groups excluding carboxylic acids is 1. The van der Waals surface area contributed by atoms with Crippen LogP contribution in [0.1, 0.15) is 22.8 Å². The number of hydrogen-bond donors (Lipinski definition) is 0. The van der Waals surface area contributed by atoms with Gasteiger partial charge in [-0.05, 0) is 37.3 Å². The van der Waals surface area contributed by atoms with Gasteiger partial charge in [0.1, 0.15) is 0 Å². The molecule has 0 N–H and O–H groups in total. The number of benzene rings is 2. The molecule has 2 rings (SSSR count). The van der Waals surface area contributed by atoms with Gasteiger partial charge in [-0.2, -0.15) is 5.26 Å². The van der Waals surface area contributed by atoms with E-state index in [4.69, 9.17) is 5.26 Å². The van der Waals surface area contributed by atoms with Gasteiger partial charge in [0.05, 0.1) is 17.3 Å². The number of Topliss-reactive ketones (excluding diaryl/α,β-unsaturated/α-hetero) is 1. The first-order valence-electron chi connectivity index (χ1n) is 5.97. The van der Waals surface area contributed by atoms with Gasteiger partial charge in [-0.25, -0.2) is 0 Å². The molecule has 0 unspecified atom stereocenters. The molecule has 2 aromatic carbocycles. The summed E-state index contributed by atoms with van der Waals surface area (Å²) >= 11 is 0. The van der Waals surface area contributed by atoms with Gasteiger partial charge in [-0.1, -0.05) is 18.2 Å². The molecule has 0 saturated carbocycles. The molecule has 0 amide bonds. The van der Waals surface area contributed by atoms with Crippen molar-refractivity contribution in [1.82, 2.24) is 0 Å². The summed E-state index contributed by atoms with van der Waals surface area (Å²) in [7, 11) is 1.89. The predicted octanol–water partition coefficient (Wildman–Crippen LogP) is 3.53. The molecule has 0 saturated heterocycles. The van der Waals surface area contributed by atoms with E-state index in [0.717, 1.165) is 11.4 Å². The van der Waals surface area contributed by atoms with Crippen LogP contribution >= 0.6 is 0 Å². The minimum atomic E-state index is 0.0267. The van der Waals surface area contributed by atoms with Crippen molar-refractivity contribution in [3.63, 3.8) is 0 Å². The molecule has 0 aliphatic carbocycles. The van der Waals surface area contributed by atoms with Crippen molar-refractivity contribution in [2.24, 2.45) is 0 Å². The van der Waals surface area contributed by atoms with Gasteiger partial charge < -0.3 is 4.90 Å².